The maximum atomic E-state index is 12.1. The van der Waals surface area contributed by atoms with Crippen molar-refractivity contribution in [3.8, 4) is 0 Å². The molecule has 3 atom stereocenters. The van der Waals surface area contributed by atoms with Crippen LogP contribution in [0.2, 0.25) is 0 Å². The van der Waals surface area contributed by atoms with Crippen LogP contribution in [0.3, 0.4) is 0 Å². The number of hydrogen-bond donors (Lipinski definition) is 1. The minimum absolute atomic E-state index is 0.369. The number of hydrogen-bond acceptors (Lipinski definition) is 2. The van der Waals surface area contributed by atoms with Crippen LogP contribution in [0.25, 0.3) is 0 Å². The van der Waals surface area contributed by atoms with Crippen LogP contribution < -0.4 is 4.72 Å². The van der Waals surface area contributed by atoms with Crippen molar-refractivity contribution in [1.82, 2.24) is 4.72 Å². The molecule has 3 unspecified atom stereocenters. The van der Waals surface area contributed by atoms with Crippen LogP contribution in [0.1, 0.15) is 25.7 Å². The molecule has 2 saturated carbocycles. The van der Waals surface area contributed by atoms with Crippen molar-refractivity contribution in [3.63, 3.8) is 0 Å². The fraction of sp³-hybridized carbons (Fsp3) is 0.571. The van der Waals surface area contributed by atoms with Crippen LogP contribution in [0.4, 0.5) is 0 Å². The highest BCUT2D eigenvalue weighted by Gasteiger charge is 2.39. The Hall–Kier alpha value is -0.870. The zero-order valence-electron chi connectivity index (χ0n) is 10.4. The third-order valence-electron chi connectivity index (χ3n) is 4.47. The molecule has 98 valence electrons. The molecule has 0 heterocycles. The molecule has 1 aromatic rings. The summed E-state index contributed by atoms with van der Waals surface area (Å²) in [5, 5.41) is 0. The molecule has 1 N–H and O–H groups in total. The first-order valence-corrected chi connectivity index (χ1v) is 8.18. The molecule has 2 fully saturated rings. The van der Waals surface area contributed by atoms with Gasteiger partial charge in [0.2, 0.25) is 10.0 Å². The van der Waals surface area contributed by atoms with E-state index in [-0.39, 0.29) is 0 Å². The van der Waals surface area contributed by atoms with Gasteiger partial charge in [-0.05, 0) is 49.1 Å². The molecule has 0 radical (unpaired) electrons. The van der Waals surface area contributed by atoms with Crippen molar-refractivity contribution in [3.05, 3.63) is 30.3 Å². The van der Waals surface area contributed by atoms with Gasteiger partial charge in [-0.25, -0.2) is 13.1 Å². The molecular weight excluding hydrogens is 246 g/mol. The topological polar surface area (TPSA) is 46.2 Å². The smallest absolute Gasteiger partial charge is 0.211 e. The third-order valence-corrected chi connectivity index (χ3v) is 5.91. The molecule has 0 saturated heterocycles. The molecule has 2 aliphatic rings. The lowest BCUT2D eigenvalue weighted by Crippen LogP contribution is -2.31. The number of sulfonamides is 1. The maximum absolute atomic E-state index is 12.1. The highest BCUT2D eigenvalue weighted by atomic mass is 32.2. The predicted molar refractivity (Wildman–Crippen MR) is 70.6 cm³/mol. The van der Waals surface area contributed by atoms with Gasteiger partial charge in [-0.2, -0.15) is 0 Å². The molecule has 2 aliphatic carbocycles. The highest BCUT2D eigenvalue weighted by Crippen LogP contribution is 2.48. The van der Waals surface area contributed by atoms with Crippen molar-refractivity contribution in [2.75, 3.05) is 6.54 Å². The maximum Gasteiger partial charge on any atom is 0.240 e. The molecule has 18 heavy (non-hydrogen) atoms. The molecule has 0 aromatic heterocycles. The second kappa shape index (κ2) is 4.67. The Morgan fingerprint density at radius 3 is 2.50 bits per heavy atom. The van der Waals surface area contributed by atoms with E-state index >= 15 is 0 Å². The average molecular weight is 265 g/mol. The Bertz CT molecular complexity index is 512. The summed E-state index contributed by atoms with van der Waals surface area (Å²) < 4.78 is 26.9. The summed E-state index contributed by atoms with van der Waals surface area (Å²) in [6, 6.07) is 8.62. The van der Waals surface area contributed by atoms with Crippen LogP contribution in [0, 0.1) is 17.8 Å². The van der Waals surface area contributed by atoms with Gasteiger partial charge in [0.05, 0.1) is 4.90 Å². The molecular formula is C14H19NO2S. The lowest BCUT2D eigenvalue weighted by Gasteiger charge is -2.21. The van der Waals surface area contributed by atoms with Gasteiger partial charge in [0, 0.05) is 6.54 Å². The van der Waals surface area contributed by atoms with Crippen molar-refractivity contribution in [1.29, 1.82) is 0 Å². The molecule has 0 aliphatic heterocycles. The molecule has 3 rings (SSSR count). The first kappa shape index (κ1) is 12.2. The molecule has 3 nitrogen and oxygen atoms in total. The summed E-state index contributed by atoms with van der Waals surface area (Å²) in [5.41, 5.74) is 0. The van der Waals surface area contributed by atoms with Gasteiger partial charge in [-0.1, -0.05) is 24.6 Å². The van der Waals surface area contributed by atoms with E-state index in [9.17, 15) is 8.42 Å². The van der Waals surface area contributed by atoms with Crippen LogP contribution in [0.5, 0.6) is 0 Å². The minimum atomic E-state index is -3.31. The largest absolute Gasteiger partial charge is 0.240 e. The third kappa shape index (κ3) is 2.31. The Labute approximate surface area is 109 Å². The normalized spacial score (nSPS) is 30.8. The highest BCUT2D eigenvalue weighted by molar-refractivity contribution is 7.89. The Balaban J connectivity index is 1.63. The average Bonchev–Trinajstić information content (AvgIpc) is 3.00. The first-order valence-electron chi connectivity index (χ1n) is 6.70. The first-order chi connectivity index (χ1) is 8.65. The number of fused-ring (bicyclic) bond motifs is 2. The summed E-state index contributed by atoms with van der Waals surface area (Å²) in [6.07, 6.45) is 5.18. The van der Waals surface area contributed by atoms with Gasteiger partial charge in [0.25, 0.3) is 0 Å². The fourth-order valence-corrected chi connectivity index (χ4v) is 4.64. The predicted octanol–water partition coefficient (Wildman–Crippen LogP) is 2.40. The Morgan fingerprint density at radius 2 is 1.89 bits per heavy atom. The number of benzene rings is 1. The van der Waals surface area contributed by atoms with Gasteiger partial charge in [-0.15, -0.1) is 0 Å². The summed E-state index contributed by atoms with van der Waals surface area (Å²) in [6.45, 7) is 0.610. The van der Waals surface area contributed by atoms with E-state index in [1.54, 1.807) is 24.3 Å². The zero-order valence-corrected chi connectivity index (χ0v) is 11.2. The van der Waals surface area contributed by atoms with E-state index in [0.29, 0.717) is 17.4 Å². The monoisotopic (exact) mass is 265 g/mol. The SMILES string of the molecule is O=S(=O)(NCC1CC2CCC1C2)c1ccccc1. The molecule has 2 bridgehead atoms. The van der Waals surface area contributed by atoms with Crippen molar-refractivity contribution >= 4 is 10.0 Å². The van der Waals surface area contributed by atoms with E-state index in [4.69, 9.17) is 0 Å². The lowest BCUT2D eigenvalue weighted by molar-refractivity contribution is 0.333. The quantitative estimate of drug-likeness (QED) is 0.908. The van der Waals surface area contributed by atoms with Crippen LogP contribution in [-0.4, -0.2) is 15.0 Å². The van der Waals surface area contributed by atoms with E-state index in [2.05, 4.69) is 4.72 Å². The summed E-state index contributed by atoms with van der Waals surface area (Å²) in [5.74, 6) is 2.18. The van der Waals surface area contributed by atoms with E-state index in [1.807, 2.05) is 6.07 Å². The van der Waals surface area contributed by atoms with Gasteiger partial charge in [0.1, 0.15) is 0 Å². The van der Waals surface area contributed by atoms with E-state index < -0.39 is 10.0 Å². The van der Waals surface area contributed by atoms with Crippen molar-refractivity contribution < 1.29 is 8.42 Å². The van der Waals surface area contributed by atoms with Crippen molar-refractivity contribution in [2.24, 2.45) is 17.8 Å². The van der Waals surface area contributed by atoms with Crippen LogP contribution in [-0.2, 0) is 10.0 Å². The van der Waals surface area contributed by atoms with E-state index in [1.165, 1.54) is 25.7 Å². The van der Waals surface area contributed by atoms with Gasteiger partial charge < -0.3 is 0 Å². The second-order valence-corrected chi connectivity index (χ2v) is 7.37. The lowest BCUT2D eigenvalue weighted by atomic mass is 9.89. The Morgan fingerprint density at radius 1 is 1.11 bits per heavy atom. The van der Waals surface area contributed by atoms with Gasteiger partial charge in [-0.3, -0.25) is 0 Å². The second-order valence-electron chi connectivity index (χ2n) is 5.60. The van der Waals surface area contributed by atoms with Gasteiger partial charge in [0.15, 0.2) is 0 Å². The summed E-state index contributed by atoms with van der Waals surface area (Å²) in [4.78, 5) is 0.369. The number of rotatable bonds is 4. The van der Waals surface area contributed by atoms with Crippen LogP contribution >= 0.6 is 0 Å². The molecule has 4 heteroatoms. The van der Waals surface area contributed by atoms with E-state index in [0.717, 1.165) is 11.8 Å². The zero-order chi connectivity index (χ0) is 12.6. The summed E-state index contributed by atoms with van der Waals surface area (Å²) in [7, 11) is -3.31. The van der Waals surface area contributed by atoms with Crippen molar-refractivity contribution in [2.45, 2.75) is 30.6 Å². The van der Waals surface area contributed by atoms with Gasteiger partial charge >= 0.3 is 0 Å². The molecule has 0 amide bonds. The minimum Gasteiger partial charge on any atom is -0.211 e. The standard InChI is InChI=1S/C14H19NO2S/c16-18(17,14-4-2-1-3-5-14)15-10-13-9-11-6-7-12(13)8-11/h1-5,11-13,15H,6-10H2. The fourth-order valence-electron chi connectivity index (χ4n) is 3.53. The number of nitrogens with one attached hydrogen (secondary N) is 1. The molecule has 0 spiro atoms. The van der Waals surface area contributed by atoms with Crippen LogP contribution in [0.15, 0.2) is 35.2 Å². The Kier molecular flexibility index (Phi) is 3.16. The summed E-state index contributed by atoms with van der Waals surface area (Å²) >= 11 is 0. The molecule has 1 aromatic carbocycles.